The van der Waals surface area contributed by atoms with Crippen LogP contribution >= 0.6 is 11.6 Å². The van der Waals surface area contributed by atoms with Crippen LogP contribution in [0.3, 0.4) is 0 Å². The number of amides is 2. The molecule has 0 aromatic heterocycles. The summed E-state index contributed by atoms with van der Waals surface area (Å²) in [4.78, 5) is 25.8. The molecular weight excluding hydrogens is 312 g/mol. The average molecular weight is 329 g/mol. The number of para-hydroxylation sites is 1. The van der Waals surface area contributed by atoms with Crippen molar-refractivity contribution in [3.8, 4) is 0 Å². The fourth-order valence-electron chi connectivity index (χ4n) is 2.82. The highest BCUT2D eigenvalue weighted by molar-refractivity contribution is 6.34. The zero-order chi connectivity index (χ0) is 16.6. The number of aryl methyl sites for hydroxylation is 1. The number of rotatable bonds is 3. The Morgan fingerprint density at radius 3 is 2.57 bits per heavy atom. The van der Waals surface area contributed by atoms with Crippen LogP contribution in [0.4, 0.5) is 5.69 Å². The van der Waals surface area contributed by atoms with E-state index in [2.05, 4.69) is 5.32 Å². The Kier molecular flexibility index (Phi) is 4.09. The summed E-state index contributed by atoms with van der Waals surface area (Å²) in [6.45, 7) is 3.84. The van der Waals surface area contributed by atoms with Crippen molar-refractivity contribution in [2.24, 2.45) is 0 Å². The normalized spacial score (nSPS) is 16.4. The minimum Gasteiger partial charge on any atom is -0.341 e. The molecule has 1 N–H and O–H groups in total. The monoisotopic (exact) mass is 328 g/mol. The molecule has 0 unspecified atom stereocenters. The summed E-state index contributed by atoms with van der Waals surface area (Å²) in [5.74, 6) is -0.407. The van der Waals surface area contributed by atoms with E-state index < -0.39 is 6.04 Å². The maximum Gasteiger partial charge on any atom is 0.254 e. The highest BCUT2D eigenvalue weighted by Gasteiger charge is 2.39. The van der Waals surface area contributed by atoms with Crippen molar-refractivity contribution < 1.29 is 9.59 Å². The maximum absolute atomic E-state index is 12.8. The third kappa shape index (κ3) is 2.94. The summed E-state index contributed by atoms with van der Waals surface area (Å²) in [7, 11) is 0. The third-order valence-electron chi connectivity index (χ3n) is 3.92. The van der Waals surface area contributed by atoms with Gasteiger partial charge in [0.2, 0.25) is 5.91 Å². The second-order valence-corrected chi connectivity index (χ2v) is 6.13. The van der Waals surface area contributed by atoms with Crippen molar-refractivity contribution in [1.29, 1.82) is 0 Å². The minimum absolute atomic E-state index is 0.163. The summed E-state index contributed by atoms with van der Waals surface area (Å²) >= 11 is 6.32. The van der Waals surface area contributed by atoms with Gasteiger partial charge in [-0.25, -0.2) is 0 Å². The summed E-state index contributed by atoms with van der Waals surface area (Å²) < 4.78 is 0. The number of benzene rings is 2. The number of hydrogen-bond donors (Lipinski definition) is 1. The van der Waals surface area contributed by atoms with E-state index in [1.807, 2.05) is 37.3 Å². The minimum atomic E-state index is -0.674. The molecule has 0 aliphatic carbocycles. The van der Waals surface area contributed by atoms with Gasteiger partial charge in [-0.05, 0) is 18.6 Å². The number of anilines is 1. The number of nitrogens with one attached hydrogen (secondary N) is 1. The number of hydrogen-bond acceptors (Lipinski definition) is 2. The molecule has 1 atom stereocenters. The number of nitrogens with zero attached hydrogens (tertiary/aromatic N) is 1. The van der Waals surface area contributed by atoms with Crippen molar-refractivity contribution >= 4 is 29.1 Å². The van der Waals surface area contributed by atoms with Crippen LogP contribution in [0.1, 0.15) is 29.7 Å². The first kappa shape index (κ1) is 15.6. The van der Waals surface area contributed by atoms with E-state index in [4.69, 9.17) is 11.6 Å². The van der Waals surface area contributed by atoms with Gasteiger partial charge < -0.3 is 10.2 Å². The Labute approximate surface area is 140 Å². The second kappa shape index (κ2) is 6.05. The SMILES string of the molecule is CC(=O)N[C@@H]1C(=O)N(Cc2ccc(C)cc2)c2c(Cl)cccc21. The van der Waals surface area contributed by atoms with Crippen LogP contribution in [0.2, 0.25) is 5.02 Å². The largest absolute Gasteiger partial charge is 0.341 e. The lowest BCUT2D eigenvalue weighted by Crippen LogP contribution is -2.36. The Morgan fingerprint density at radius 2 is 1.91 bits per heavy atom. The molecule has 1 aliphatic rings. The van der Waals surface area contributed by atoms with Crippen molar-refractivity contribution in [1.82, 2.24) is 5.32 Å². The van der Waals surface area contributed by atoms with E-state index in [9.17, 15) is 9.59 Å². The van der Waals surface area contributed by atoms with Gasteiger partial charge in [-0.3, -0.25) is 9.59 Å². The topological polar surface area (TPSA) is 49.4 Å². The van der Waals surface area contributed by atoms with Gasteiger partial charge >= 0.3 is 0 Å². The van der Waals surface area contributed by atoms with Crippen LogP contribution in [0, 0.1) is 6.92 Å². The maximum atomic E-state index is 12.8. The number of carbonyl (C=O) groups excluding carboxylic acids is 2. The molecule has 1 aliphatic heterocycles. The molecule has 118 valence electrons. The summed E-state index contributed by atoms with van der Waals surface area (Å²) in [6, 6.07) is 12.7. The molecular formula is C18H17ClN2O2. The summed E-state index contributed by atoms with van der Waals surface area (Å²) in [5, 5.41) is 3.22. The number of halogens is 1. The first-order chi connectivity index (χ1) is 11.0. The molecule has 0 fully saturated rings. The number of carbonyl (C=O) groups is 2. The van der Waals surface area contributed by atoms with Gasteiger partial charge in [0.1, 0.15) is 6.04 Å². The van der Waals surface area contributed by atoms with Crippen molar-refractivity contribution in [2.75, 3.05) is 4.90 Å². The molecule has 0 radical (unpaired) electrons. The predicted octanol–water partition coefficient (Wildman–Crippen LogP) is 3.37. The molecule has 0 saturated carbocycles. The van der Waals surface area contributed by atoms with Crippen LogP contribution in [-0.2, 0) is 16.1 Å². The fraction of sp³-hybridized carbons (Fsp3) is 0.222. The van der Waals surface area contributed by atoms with E-state index in [0.29, 0.717) is 17.3 Å². The standard InChI is InChI=1S/C18H17ClN2O2/c1-11-6-8-13(9-7-11)10-21-17-14(4-3-5-15(17)19)16(18(21)23)20-12(2)22/h3-9,16H,10H2,1-2H3,(H,20,22)/t16-/m0/s1. The average Bonchev–Trinajstić information content (AvgIpc) is 2.76. The van der Waals surface area contributed by atoms with Crippen LogP contribution in [0.5, 0.6) is 0 Å². The lowest BCUT2D eigenvalue weighted by Gasteiger charge is -2.19. The van der Waals surface area contributed by atoms with Gasteiger partial charge in [0.15, 0.2) is 0 Å². The molecule has 1 heterocycles. The number of fused-ring (bicyclic) bond motifs is 1. The van der Waals surface area contributed by atoms with Gasteiger partial charge in [-0.15, -0.1) is 0 Å². The Morgan fingerprint density at radius 1 is 1.22 bits per heavy atom. The molecule has 0 spiro atoms. The molecule has 2 aromatic rings. The van der Waals surface area contributed by atoms with Gasteiger partial charge in [0.05, 0.1) is 17.3 Å². The first-order valence-electron chi connectivity index (χ1n) is 7.40. The van der Waals surface area contributed by atoms with E-state index in [-0.39, 0.29) is 11.8 Å². The van der Waals surface area contributed by atoms with Gasteiger partial charge in [-0.2, -0.15) is 0 Å². The van der Waals surface area contributed by atoms with Crippen molar-refractivity contribution in [3.05, 3.63) is 64.2 Å². The Hall–Kier alpha value is -2.33. The summed E-state index contributed by atoms with van der Waals surface area (Å²) in [6.07, 6.45) is 0. The highest BCUT2D eigenvalue weighted by Crippen LogP contribution is 2.41. The third-order valence-corrected chi connectivity index (χ3v) is 4.23. The van der Waals surface area contributed by atoms with Gasteiger partial charge in [0.25, 0.3) is 5.91 Å². The van der Waals surface area contributed by atoms with Gasteiger partial charge in [-0.1, -0.05) is 53.6 Å². The second-order valence-electron chi connectivity index (χ2n) is 5.72. The molecule has 3 rings (SSSR count). The predicted molar refractivity (Wildman–Crippen MR) is 90.4 cm³/mol. The van der Waals surface area contributed by atoms with E-state index >= 15 is 0 Å². The van der Waals surface area contributed by atoms with Crippen LogP contribution in [0.15, 0.2) is 42.5 Å². The smallest absolute Gasteiger partial charge is 0.254 e. The lowest BCUT2D eigenvalue weighted by atomic mass is 10.1. The van der Waals surface area contributed by atoms with Crippen molar-refractivity contribution in [2.45, 2.75) is 26.4 Å². The Bertz CT molecular complexity index is 771. The van der Waals surface area contributed by atoms with Crippen LogP contribution < -0.4 is 10.2 Å². The molecule has 23 heavy (non-hydrogen) atoms. The van der Waals surface area contributed by atoms with Crippen molar-refractivity contribution in [3.63, 3.8) is 0 Å². The lowest BCUT2D eigenvalue weighted by molar-refractivity contribution is -0.126. The van der Waals surface area contributed by atoms with Crippen LogP contribution in [-0.4, -0.2) is 11.8 Å². The van der Waals surface area contributed by atoms with Gasteiger partial charge in [0, 0.05) is 12.5 Å². The molecule has 0 bridgehead atoms. The van der Waals surface area contributed by atoms with E-state index in [0.717, 1.165) is 16.7 Å². The fourth-order valence-corrected chi connectivity index (χ4v) is 3.11. The zero-order valence-electron chi connectivity index (χ0n) is 13.0. The zero-order valence-corrected chi connectivity index (χ0v) is 13.7. The molecule has 2 amide bonds. The van der Waals surface area contributed by atoms with E-state index in [1.165, 1.54) is 6.92 Å². The Balaban J connectivity index is 1.99. The highest BCUT2D eigenvalue weighted by atomic mass is 35.5. The van der Waals surface area contributed by atoms with Crippen LogP contribution in [0.25, 0.3) is 0 Å². The first-order valence-corrected chi connectivity index (χ1v) is 7.77. The molecule has 4 nitrogen and oxygen atoms in total. The molecule has 0 saturated heterocycles. The van der Waals surface area contributed by atoms with E-state index in [1.54, 1.807) is 17.0 Å². The summed E-state index contributed by atoms with van der Waals surface area (Å²) in [5.41, 5.74) is 3.60. The molecule has 2 aromatic carbocycles. The quantitative estimate of drug-likeness (QED) is 0.939. The molecule has 5 heteroatoms.